The van der Waals surface area contributed by atoms with Gasteiger partial charge in [-0.3, -0.25) is 9.69 Å². The lowest BCUT2D eigenvalue weighted by atomic mass is 10.2. The van der Waals surface area contributed by atoms with Crippen LogP contribution in [-0.4, -0.2) is 32.4 Å². The van der Waals surface area contributed by atoms with E-state index in [9.17, 15) is 15.0 Å². The molecule has 2 aromatic carbocycles. The molecule has 0 unspecified atom stereocenters. The third-order valence-corrected chi connectivity index (χ3v) is 5.83. The Morgan fingerprint density at radius 2 is 1.87 bits per heavy atom. The molecule has 0 radical (unpaired) electrons. The third-order valence-electron chi connectivity index (χ3n) is 4.34. The van der Waals surface area contributed by atoms with Crippen molar-refractivity contribution in [1.29, 1.82) is 0 Å². The molecule has 0 aliphatic carbocycles. The van der Waals surface area contributed by atoms with Crippen LogP contribution in [0.15, 0.2) is 84.9 Å². The Balaban J connectivity index is 1.65. The van der Waals surface area contributed by atoms with Crippen molar-refractivity contribution in [2.75, 3.05) is 0 Å². The lowest BCUT2D eigenvalue weighted by Crippen LogP contribution is -2.28. The van der Waals surface area contributed by atoms with Gasteiger partial charge in [-0.25, -0.2) is 0 Å². The van der Waals surface area contributed by atoms with Gasteiger partial charge >= 0.3 is 0 Å². The molecule has 3 aromatic rings. The molecule has 4 rings (SSSR count). The zero-order chi connectivity index (χ0) is 21.8. The van der Waals surface area contributed by atoms with Gasteiger partial charge in [-0.15, -0.1) is 5.10 Å². The molecule has 0 bridgehead atoms. The van der Waals surface area contributed by atoms with Crippen LogP contribution in [-0.2, 0) is 11.3 Å². The first-order valence-corrected chi connectivity index (χ1v) is 10.7. The van der Waals surface area contributed by atoms with Crippen molar-refractivity contribution in [3.8, 4) is 11.5 Å². The Hall–Kier alpha value is -3.30. The van der Waals surface area contributed by atoms with Gasteiger partial charge in [-0.05, 0) is 54.2 Å². The van der Waals surface area contributed by atoms with Crippen LogP contribution < -0.4 is 0 Å². The predicted octanol–water partition coefficient (Wildman–Crippen LogP) is 4.96. The molecule has 31 heavy (non-hydrogen) atoms. The van der Waals surface area contributed by atoms with Crippen LogP contribution in [0.5, 0.6) is 11.5 Å². The summed E-state index contributed by atoms with van der Waals surface area (Å²) in [5, 5.41) is 28.6. The van der Waals surface area contributed by atoms with E-state index in [1.165, 1.54) is 17.4 Å². The number of benzene rings is 2. The number of hydrogen-bond donors (Lipinski definition) is 2. The van der Waals surface area contributed by atoms with Crippen LogP contribution in [0.4, 0.5) is 0 Å². The smallest absolute Gasteiger partial charge is 0.267 e. The lowest BCUT2D eigenvalue weighted by Gasteiger charge is -2.12. The monoisotopic (exact) mass is 497 g/mol. The number of aromatic hydroxyl groups is 2. The maximum atomic E-state index is 13.0. The summed E-state index contributed by atoms with van der Waals surface area (Å²) in [4.78, 5) is 14.9. The molecule has 1 fully saturated rings. The zero-order valence-electron chi connectivity index (χ0n) is 16.0. The molecule has 1 saturated heterocycles. The molecule has 1 aliphatic heterocycles. The van der Waals surface area contributed by atoms with Gasteiger partial charge < -0.3 is 14.6 Å². The first kappa shape index (κ1) is 21.0. The molecular weight excluding hydrogens is 482 g/mol. The van der Waals surface area contributed by atoms with Crippen LogP contribution in [0.1, 0.15) is 16.9 Å². The van der Waals surface area contributed by atoms with Gasteiger partial charge in [-0.2, -0.15) is 5.10 Å². The highest BCUT2D eigenvalue weighted by molar-refractivity contribution is 9.10. The van der Waals surface area contributed by atoms with Crippen LogP contribution in [0.2, 0.25) is 0 Å². The van der Waals surface area contributed by atoms with Crippen LogP contribution >= 0.6 is 27.7 Å². The van der Waals surface area contributed by atoms with Crippen molar-refractivity contribution in [2.45, 2.75) is 6.54 Å². The molecule has 2 heterocycles. The van der Waals surface area contributed by atoms with Crippen LogP contribution in [0, 0.1) is 0 Å². The highest BCUT2D eigenvalue weighted by atomic mass is 79.9. The van der Waals surface area contributed by atoms with Crippen molar-refractivity contribution in [3.63, 3.8) is 0 Å². The van der Waals surface area contributed by atoms with Gasteiger partial charge in [0.05, 0.1) is 23.9 Å². The summed E-state index contributed by atoms with van der Waals surface area (Å²) in [5.74, 6) is 0.465. The Morgan fingerprint density at radius 1 is 1.06 bits per heavy atom. The van der Waals surface area contributed by atoms with E-state index in [4.69, 9.17) is 4.42 Å². The normalized spacial score (nSPS) is 16.8. The number of furan rings is 1. The number of thioether (sulfide) groups is 1. The van der Waals surface area contributed by atoms with Crippen molar-refractivity contribution in [3.05, 3.63) is 87.1 Å². The number of nitrogens with zero attached hydrogens (tertiary/aromatic N) is 3. The fourth-order valence-electron chi connectivity index (χ4n) is 2.80. The summed E-state index contributed by atoms with van der Waals surface area (Å²) in [6.07, 6.45) is 4.56. The second-order valence-electron chi connectivity index (χ2n) is 6.47. The topological polar surface area (TPSA) is 98.6 Å². The molecular formula is C22H16BrN3O4S. The molecule has 9 heteroatoms. The lowest BCUT2D eigenvalue weighted by molar-refractivity contribution is -0.122. The quantitative estimate of drug-likeness (QED) is 0.294. The Labute approximate surface area is 190 Å². The maximum Gasteiger partial charge on any atom is 0.267 e. The summed E-state index contributed by atoms with van der Waals surface area (Å²) in [6, 6.07) is 15.2. The predicted molar refractivity (Wildman–Crippen MR) is 124 cm³/mol. The van der Waals surface area contributed by atoms with E-state index >= 15 is 0 Å². The Kier molecular flexibility index (Phi) is 6.24. The highest BCUT2D eigenvalue weighted by Gasteiger charge is 2.34. The van der Waals surface area contributed by atoms with Crippen molar-refractivity contribution >= 4 is 51.1 Å². The van der Waals surface area contributed by atoms with E-state index in [1.54, 1.807) is 60.7 Å². The van der Waals surface area contributed by atoms with Crippen LogP contribution in [0.25, 0.3) is 6.08 Å². The minimum absolute atomic E-state index is 0.0647. The molecule has 0 saturated carbocycles. The Bertz CT molecular complexity index is 1210. The number of halogens is 1. The molecule has 1 aliphatic rings. The molecule has 0 atom stereocenters. The minimum atomic E-state index is -0.274. The summed E-state index contributed by atoms with van der Waals surface area (Å²) >= 11 is 4.49. The summed E-state index contributed by atoms with van der Waals surface area (Å²) in [5.41, 5.74) is 1.01. The van der Waals surface area contributed by atoms with Crippen molar-refractivity contribution < 1.29 is 19.4 Å². The number of amidine groups is 1. The second kappa shape index (κ2) is 9.23. The second-order valence-corrected chi connectivity index (χ2v) is 8.40. The fourth-order valence-corrected chi connectivity index (χ4v) is 4.10. The molecule has 2 N–H and O–H groups in total. The average molecular weight is 498 g/mol. The maximum absolute atomic E-state index is 13.0. The van der Waals surface area contributed by atoms with Gasteiger partial charge in [-0.1, -0.05) is 34.1 Å². The molecule has 1 aromatic heterocycles. The SMILES string of the molecule is O=C1/C(=C/c2ccccc2O)S/C(=N\N=C\c2cc(Br)ccc2O)N1Cc1ccco1. The Morgan fingerprint density at radius 3 is 2.65 bits per heavy atom. The molecule has 0 spiro atoms. The van der Waals surface area contributed by atoms with Gasteiger partial charge in [0.15, 0.2) is 5.17 Å². The number of rotatable bonds is 5. The summed E-state index contributed by atoms with van der Waals surface area (Å²) in [7, 11) is 0. The molecule has 156 valence electrons. The van der Waals surface area contributed by atoms with Crippen LogP contribution in [0.3, 0.4) is 0 Å². The zero-order valence-corrected chi connectivity index (χ0v) is 18.4. The molecule has 1 amide bonds. The number of hydrogen-bond acceptors (Lipinski definition) is 7. The first-order chi connectivity index (χ1) is 15.0. The third kappa shape index (κ3) is 4.89. The van der Waals surface area contributed by atoms with Gasteiger partial charge in [0.1, 0.15) is 17.3 Å². The van der Waals surface area contributed by atoms with Gasteiger partial charge in [0.25, 0.3) is 5.91 Å². The van der Waals surface area contributed by atoms with Gasteiger partial charge in [0.2, 0.25) is 0 Å². The van der Waals surface area contributed by atoms with E-state index in [0.29, 0.717) is 27.0 Å². The number of carbonyl (C=O) groups is 1. The highest BCUT2D eigenvalue weighted by Crippen LogP contribution is 2.35. The number of para-hydroxylation sites is 1. The minimum Gasteiger partial charge on any atom is -0.507 e. The van der Waals surface area contributed by atoms with E-state index in [2.05, 4.69) is 26.1 Å². The number of phenolic OH excluding ortho intramolecular Hbond substituents is 2. The van der Waals surface area contributed by atoms with E-state index in [0.717, 1.165) is 16.2 Å². The summed E-state index contributed by atoms with van der Waals surface area (Å²) < 4.78 is 6.16. The van der Waals surface area contributed by atoms with E-state index in [1.807, 2.05) is 0 Å². The van der Waals surface area contributed by atoms with Crippen molar-refractivity contribution in [2.24, 2.45) is 10.2 Å². The standard InChI is InChI=1S/C22H16BrN3O4S/c23-16-7-8-19(28)15(10-16)12-24-25-22-26(13-17-5-3-9-30-17)21(29)20(31-22)11-14-4-1-2-6-18(14)27/h1-12,27-28H,13H2/b20-11-,24-12+,25-22-. The van der Waals surface area contributed by atoms with Crippen molar-refractivity contribution in [1.82, 2.24) is 4.90 Å². The van der Waals surface area contributed by atoms with E-state index < -0.39 is 0 Å². The first-order valence-electron chi connectivity index (χ1n) is 9.12. The number of phenols is 2. The van der Waals surface area contributed by atoms with E-state index in [-0.39, 0.29) is 24.0 Å². The average Bonchev–Trinajstić information content (AvgIpc) is 3.36. The summed E-state index contributed by atoms with van der Waals surface area (Å²) in [6.45, 7) is 0.188. The largest absolute Gasteiger partial charge is 0.507 e. The fraction of sp³-hybridized carbons (Fsp3) is 0.0455. The number of amides is 1. The van der Waals surface area contributed by atoms with Gasteiger partial charge in [0, 0.05) is 15.6 Å². The number of carbonyl (C=O) groups excluding carboxylic acids is 1. The molecule has 7 nitrogen and oxygen atoms in total.